The van der Waals surface area contributed by atoms with E-state index in [0.29, 0.717) is 17.0 Å². The number of carbonyl (C=O) groups excluding carboxylic acids is 2. The van der Waals surface area contributed by atoms with Crippen LogP contribution in [0, 0.1) is 0 Å². The molecule has 9 heteroatoms. The molecule has 3 heterocycles. The molecule has 140 valence electrons. The molecule has 26 heavy (non-hydrogen) atoms. The maximum absolute atomic E-state index is 12.3. The molecular weight excluding hydrogens is 356 g/mol. The van der Waals surface area contributed by atoms with Crippen molar-refractivity contribution in [2.24, 2.45) is 11.5 Å². The van der Waals surface area contributed by atoms with Crippen molar-refractivity contribution in [3.63, 3.8) is 0 Å². The number of fused-ring (bicyclic) bond motifs is 1. The van der Waals surface area contributed by atoms with Crippen LogP contribution in [-0.2, 0) is 23.4 Å². The topological polar surface area (TPSA) is 133 Å². The van der Waals surface area contributed by atoms with E-state index in [9.17, 15) is 14.7 Å². The van der Waals surface area contributed by atoms with Crippen molar-refractivity contribution in [1.29, 1.82) is 0 Å². The van der Waals surface area contributed by atoms with Gasteiger partial charge in [0.05, 0.1) is 23.4 Å². The fraction of sp³-hybridized carbons (Fsp3) is 0.471. The van der Waals surface area contributed by atoms with Crippen LogP contribution in [0.15, 0.2) is 6.20 Å². The molecule has 0 aliphatic carbocycles. The minimum Gasteiger partial charge on any atom is -0.392 e. The quantitative estimate of drug-likeness (QED) is 0.735. The molecule has 1 aliphatic heterocycles. The molecule has 0 saturated carbocycles. The van der Waals surface area contributed by atoms with Gasteiger partial charge in [-0.25, -0.2) is 4.68 Å². The van der Waals surface area contributed by atoms with E-state index in [1.807, 2.05) is 27.7 Å². The smallest absolute Gasteiger partial charge is 0.269 e. The Bertz CT molecular complexity index is 910. The highest BCUT2D eigenvalue weighted by atomic mass is 32.1. The van der Waals surface area contributed by atoms with Crippen LogP contribution in [0.3, 0.4) is 0 Å². The maximum atomic E-state index is 12.3. The monoisotopic (exact) mass is 378 g/mol. The van der Waals surface area contributed by atoms with Crippen LogP contribution in [0.1, 0.15) is 64.5 Å². The number of primary amides is 2. The van der Waals surface area contributed by atoms with Gasteiger partial charge >= 0.3 is 0 Å². The molecular formula is C17H22N4O4S. The van der Waals surface area contributed by atoms with Crippen molar-refractivity contribution in [1.82, 2.24) is 9.78 Å². The van der Waals surface area contributed by atoms with E-state index in [1.54, 1.807) is 0 Å². The van der Waals surface area contributed by atoms with Gasteiger partial charge in [-0.2, -0.15) is 5.10 Å². The number of hydrogen-bond donors (Lipinski definition) is 3. The summed E-state index contributed by atoms with van der Waals surface area (Å²) in [7, 11) is 0. The van der Waals surface area contributed by atoms with Gasteiger partial charge < -0.3 is 21.3 Å². The lowest BCUT2D eigenvalue weighted by atomic mass is 9.86. The number of amides is 2. The first-order chi connectivity index (χ1) is 12.0. The Balaban J connectivity index is 2.27. The minimum absolute atomic E-state index is 0.0369. The van der Waals surface area contributed by atoms with Gasteiger partial charge in [0.15, 0.2) is 5.69 Å². The van der Waals surface area contributed by atoms with Crippen LogP contribution in [-0.4, -0.2) is 32.3 Å². The van der Waals surface area contributed by atoms with Gasteiger partial charge in [-0.05, 0) is 33.3 Å². The Kier molecular flexibility index (Phi) is 4.21. The van der Waals surface area contributed by atoms with Crippen LogP contribution < -0.4 is 11.5 Å². The summed E-state index contributed by atoms with van der Waals surface area (Å²) in [5, 5.41) is 14.1. The van der Waals surface area contributed by atoms with Gasteiger partial charge in [-0.15, -0.1) is 11.3 Å². The number of carbonyl (C=O) groups is 2. The zero-order valence-corrected chi connectivity index (χ0v) is 15.9. The zero-order valence-electron chi connectivity index (χ0n) is 15.1. The highest BCUT2D eigenvalue weighted by Crippen LogP contribution is 2.47. The first-order valence-electron chi connectivity index (χ1n) is 8.12. The van der Waals surface area contributed by atoms with Crippen LogP contribution in [0.25, 0.3) is 5.00 Å². The van der Waals surface area contributed by atoms with Crippen LogP contribution in [0.4, 0.5) is 0 Å². The molecule has 2 aromatic heterocycles. The largest absolute Gasteiger partial charge is 0.392 e. The number of aliphatic hydroxyl groups excluding tert-OH is 1. The Morgan fingerprint density at radius 3 is 2.46 bits per heavy atom. The van der Waals surface area contributed by atoms with Crippen molar-refractivity contribution in [2.75, 3.05) is 0 Å². The minimum atomic E-state index is -0.750. The highest BCUT2D eigenvalue weighted by Gasteiger charge is 2.43. The van der Waals surface area contributed by atoms with Crippen LogP contribution in [0.2, 0.25) is 0 Å². The van der Waals surface area contributed by atoms with Crippen molar-refractivity contribution in [3.8, 4) is 5.00 Å². The van der Waals surface area contributed by atoms with E-state index < -0.39 is 29.6 Å². The second-order valence-corrected chi connectivity index (χ2v) is 8.47. The summed E-state index contributed by atoms with van der Waals surface area (Å²) in [5.74, 6) is -1.33. The lowest BCUT2D eigenvalue weighted by Gasteiger charge is -2.41. The summed E-state index contributed by atoms with van der Waals surface area (Å²) in [6, 6.07) is 0. The normalized spacial score (nSPS) is 17.7. The average molecular weight is 378 g/mol. The van der Waals surface area contributed by atoms with E-state index in [2.05, 4.69) is 5.10 Å². The number of rotatable bonds is 4. The summed E-state index contributed by atoms with van der Waals surface area (Å²) in [6.07, 6.45) is 2.01. The number of aliphatic hydroxyl groups is 1. The fourth-order valence-electron chi connectivity index (χ4n) is 3.56. The predicted molar refractivity (Wildman–Crippen MR) is 96.3 cm³/mol. The molecule has 8 nitrogen and oxygen atoms in total. The number of nitrogens with zero attached hydrogens (tertiary/aromatic N) is 2. The van der Waals surface area contributed by atoms with E-state index in [1.165, 1.54) is 22.2 Å². The molecule has 0 radical (unpaired) electrons. The van der Waals surface area contributed by atoms with Gasteiger partial charge in [0.1, 0.15) is 5.00 Å². The molecule has 0 spiro atoms. The molecule has 0 saturated heterocycles. The Morgan fingerprint density at radius 2 is 1.96 bits per heavy atom. The molecule has 0 fully saturated rings. The Hall–Kier alpha value is -2.23. The molecule has 0 atom stereocenters. The molecule has 5 N–H and O–H groups in total. The SMILES string of the molecule is CC1(C)Cc2c(sc(-n3cc(CO)c(C(N)=O)n3)c2C(N)=O)C(C)(C)O1. The van der Waals surface area contributed by atoms with E-state index in [0.717, 1.165) is 10.4 Å². The third-order valence-electron chi connectivity index (χ3n) is 4.32. The van der Waals surface area contributed by atoms with Gasteiger partial charge in [0, 0.05) is 23.1 Å². The van der Waals surface area contributed by atoms with Crippen molar-refractivity contribution in [2.45, 2.75) is 51.9 Å². The van der Waals surface area contributed by atoms with E-state index in [4.69, 9.17) is 16.2 Å². The number of nitrogens with two attached hydrogens (primary N) is 2. The van der Waals surface area contributed by atoms with Gasteiger partial charge in [0.2, 0.25) is 0 Å². The first-order valence-corrected chi connectivity index (χ1v) is 8.94. The van der Waals surface area contributed by atoms with Crippen molar-refractivity contribution < 1.29 is 19.4 Å². The highest BCUT2D eigenvalue weighted by molar-refractivity contribution is 7.15. The standard InChI is InChI=1S/C17H22N4O4S/c1-16(2)5-9-10(13(18)23)15(26-12(9)17(3,4)25-16)21-6-8(7-22)11(20-21)14(19)24/h6,22H,5,7H2,1-4H3,(H2,18,23)(H2,19,24). The summed E-state index contributed by atoms with van der Waals surface area (Å²) >= 11 is 1.34. The average Bonchev–Trinajstić information content (AvgIpc) is 3.06. The van der Waals surface area contributed by atoms with Gasteiger partial charge in [0.25, 0.3) is 11.8 Å². The summed E-state index contributed by atoms with van der Waals surface area (Å²) in [5.41, 5.74) is 11.4. The molecule has 2 amide bonds. The summed E-state index contributed by atoms with van der Waals surface area (Å²) in [4.78, 5) is 24.7. The summed E-state index contributed by atoms with van der Waals surface area (Å²) < 4.78 is 7.56. The first kappa shape index (κ1) is 18.6. The van der Waals surface area contributed by atoms with E-state index in [-0.39, 0.29) is 11.3 Å². The molecule has 0 aromatic carbocycles. The number of aromatic nitrogens is 2. The Morgan fingerprint density at radius 1 is 1.31 bits per heavy atom. The second-order valence-electron chi connectivity index (χ2n) is 7.47. The van der Waals surface area contributed by atoms with Gasteiger partial charge in [-0.3, -0.25) is 9.59 Å². The molecule has 0 unspecified atom stereocenters. The van der Waals surface area contributed by atoms with E-state index >= 15 is 0 Å². The predicted octanol–water partition coefficient (Wildman–Crippen LogP) is 1.21. The second kappa shape index (κ2) is 5.90. The van der Waals surface area contributed by atoms with Gasteiger partial charge in [-0.1, -0.05) is 0 Å². The zero-order chi connectivity index (χ0) is 19.4. The van der Waals surface area contributed by atoms with Crippen molar-refractivity contribution >= 4 is 23.2 Å². The third kappa shape index (κ3) is 2.91. The number of ether oxygens (including phenoxy) is 1. The number of hydrogen-bond acceptors (Lipinski definition) is 6. The molecule has 0 bridgehead atoms. The number of thiophene rings is 1. The fourth-order valence-corrected chi connectivity index (χ4v) is 4.85. The molecule has 2 aromatic rings. The Labute approximate surface area is 154 Å². The van der Waals surface area contributed by atoms with Crippen LogP contribution >= 0.6 is 11.3 Å². The van der Waals surface area contributed by atoms with Crippen LogP contribution in [0.5, 0.6) is 0 Å². The lowest BCUT2D eigenvalue weighted by molar-refractivity contribution is -0.135. The van der Waals surface area contributed by atoms with Crippen molar-refractivity contribution in [3.05, 3.63) is 33.5 Å². The maximum Gasteiger partial charge on any atom is 0.269 e. The third-order valence-corrected chi connectivity index (χ3v) is 5.84. The molecule has 1 aliphatic rings. The summed E-state index contributed by atoms with van der Waals surface area (Å²) in [6.45, 7) is 7.41. The lowest BCUT2D eigenvalue weighted by Crippen LogP contribution is -2.42. The molecule has 3 rings (SSSR count).